The molecule has 0 radical (unpaired) electrons. The van der Waals surface area contributed by atoms with Crippen LogP contribution in [0.25, 0.3) is 0 Å². The van der Waals surface area contributed by atoms with Gasteiger partial charge >= 0.3 is 0 Å². The third kappa shape index (κ3) is 4.48. The van der Waals surface area contributed by atoms with Crippen molar-refractivity contribution in [2.24, 2.45) is 5.92 Å². The molecule has 0 aromatic heterocycles. The number of halogens is 2. The topological polar surface area (TPSA) is 32.8 Å². The van der Waals surface area contributed by atoms with Crippen molar-refractivity contribution in [1.29, 1.82) is 0 Å². The molecule has 0 bridgehead atoms. The van der Waals surface area contributed by atoms with E-state index in [9.17, 15) is 13.6 Å². The number of hydrogen-bond acceptors (Lipinski definition) is 3. The molecule has 2 aliphatic heterocycles. The average Bonchev–Trinajstić information content (AvgIpc) is 2.96. The molecule has 6 heteroatoms. The monoisotopic (exact) mass is 324 g/mol. The molecule has 2 heterocycles. The van der Waals surface area contributed by atoms with Crippen LogP contribution in [0.1, 0.15) is 12.0 Å². The molecule has 0 aliphatic carbocycles. The normalized spacial score (nSPS) is 22.5. The summed E-state index contributed by atoms with van der Waals surface area (Å²) < 4.78 is 31.8. The third-order valence-electron chi connectivity index (χ3n) is 4.55. The van der Waals surface area contributed by atoms with Crippen molar-refractivity contribution < 1.29 is 18.3 Å². The number of carbonyl (C=O) groups is 1. The summed E-state index contributed by atoms with van der Waals surface area (Å²) in [5, 5.41) is 0. The van der Waals surface area contributed by atoms with E-state index in [2.05, 4.69) is 4.90 Å². The van der Waals surface area contributed by atoms with Crippen LogP contribution in [-0.2, 0) is 16.0 Å². The molecule has 1 aromatic carbocycles. The number of rotatable bonds is 4. The van der Waals surface area contributed by atoms with E-state index < -0.39 is 11.6 Å². The molecular weight excluding hydrogens is 302 g/mol. The van der Waals surface area contributed by atoms with Gasteiger partial charge in [0.1, 0.15) is 11.6 Å². The van der Waals surface area contributed by atoms with Gasteiger partial charge in [0, 0.05) is 32.2 Å². The van der Waals surface area contributed by atoms with Crippen molar-refractivity contribution in [2.45, 2.75) is 12.8 Å². The quantitative estimate of drug-likeness (QED) is 0.845. The summed E-state index contributed by atoms with van der Waals surface area (Å²) in [5.74, 6) is -0.679. The molecule has 1 unspecified atom stereocenters. The molecule has 2 fully saturated rings. The lowest BCUT2D eigenvalue weighted by Crippen LogP contribution is -2.44. The van der Waals surface area contributed by atoms with Crippen LogP contribution in [-0.4, -0.2) is 61.6 Å². The van der Waals surface area contributed by atoms with E-state index in [0.717, 1.165) is 32.1 Å². The van der Waals surface area contributed by atoms with E-state index in [-0.39, 0.29) is 11.8 Å². The first-order valence-corrected chi connectivity index (χ1v) is 8.13. The lowest BCUT2D eigenvalue weighted by molar-refractivity contribution is -0.132. The molecule has 2 aliphatic rings. The van der Waals surface area contributed by atoms with Gasteiger partial charge in [0.25, 0.3) is 0 Å². The molecule has 23 heavy (non-hydrogen) atoms. The first-order chi connectivity index (χ1) is 11.1. The van der Waals surface area contributed by atoms with Crippen molar-refractivity contribution >= 4 is 5.91 Å². The molecule has 4 nitrogen and oxygen atoms in total. The molecule has 1 atom stereocenters. The van der Waals surface area contributed by atoms with Crippen LogP contribution in [0, 0.1) is 17.6 Å². The minimum atomic E-state index is -0.543. The maximum atomic E-state index is 13.2. The Labute approximate surface area is 135 Å². The number of ether oxygens (including phenoxy) is 1. The smallest absolute Gasteiger partial charge is 0.236 e. The molecular formula is C17H22F2N2O2. The summed E-state index contributed by atoms with van der Waals surface area (Å²) in [7, 11) is 0. The first kappa shape index (κ1) is 16.3. The van der Waals surface area contributed by atoms with Crippen molar-refractivity contribution in [3.63, 3.8) is 0 Å². The molecule has 0 saturated carbocycles. The lowest BCUT2D eigenvalue weighted by Gasteiger charge is -2.28. The number of likely N-dealkylation sites (tertiary alicyclic amines) is 1. The zero-order valence-corrected chi connectivity index (χ0v) is 13.1. The van der Waals surface area contributed by atoms with E-state index in [1.165, 1.54) is 12.1 Å². The van der Waals surface area contributed by atoms with E-state index in [4.69, 9.17) is 4.74 Å². The lowest BCUT2D eigenvalue weighted by atomic mass is 9.98. The second-order valence-corrected chi connectivity index (χ2v) is 6.36. The van der Waals surface area contributed by atoms with Gasteiger partial charge in [-0.3, -0.25) is 9.69 Å². The Morgan fingerprint density at radius 2 is 1.83 bits per heavy atom. The minimum Gasteiger partial charge on any atom is -0.379 e. The number of nitrogens with zero attached hydrogens (tertiary/aromatic N) is 2. The summed E-state index contributed by atoms with van der Waals surface area (Å²) in [6, 6.07) is 3.64. The van der Waals surface area contributed by atoms with Crippen molar-refractivity contribution in [3.8, 4) is 0 Å². The number of morpholine rings is 1. The molecule has 1 amide bonds. The molecule has 3 rings (SSSR count). The van der Waals surface area contributed by atoms with Crippen LogP contribution in [0.15, 0.2) is 18.2 Å². The summed E-state index contributed by atoms with van der Waals surface area (Å²) in [5.41, 5.74) is 0.662. The fraction of sp³-hybridized carbons (Fsp3) is 0.588. The fourth-order valence-corrected chi connectivity index (χ4v) is 3.34. The summed E-state index contributed by atoms with van der Waals surface area (Å²) in [6.07, 6.45) is 1.49. The average molecular weight is 324 g/mol. The maximum Gasteiger partial charge on any atom is 0.236 e. The van der Waals surface area contributed by atoms with Gasteiger partial charge in [-0.1, -0.05) is 0 Å². The van der Waals surface area contributed by atoms with Crippen molar-refractivity contribution in [2.75, 3.05) is 45.9 Å². The highest BCUT2D eigenvalue weighted by molar-refractivity contribution is 5.78. The number of benzene rings is 1. The van der Waals surface area contributed by atoms with Gasteiger partial charge < -0.3 is 9.64 Å². The summed E-state index contributed by atoms with van der Waals surface area (Å²) >= 11 is 0. The van der Waals surface area contributed by atoms with Crippen LogP contribution in [0.3, 0.4) is 0 Å². The Balaban J connectivity index is 1.50. The SMILES string of the molecule is O=C(CN1CCOCC1)N1CCC(Cc2cc(F)cc(F)c2)C1. The van der Waals surface area contributed by atoms with Gasteiger partial charge in [-0.25, -0.2) is 8.78 Å². The summed E-state index contributed by atoms with van der Waals surface area (Å²) in [4.78, 5) is 16.3. The van der Waals surface area contributed by atoms with Crippen molar-refractivity contribution in [3.05, 3.63) is 35.4 Å². The van der Waals surface area contributed by atoms with Gasteiger partial charge in [0.05, 0.1) is 19.8 Å². The highest BCUT2D eigenvalue weighted by atomic mass is 19.1. The summed E-state index contributed by atoms with van der Waals surface area (Å²) in [6.45, 7) is 4.79. The fourth-order valence-electron chi connectivity index (χ4n) is 3.34. The molecule has 0 N–H and O–H groups in total. The molecule has 1 aromatic rings. The predicted octanol–water partition coefficient (Wildman–Crippen LogP) is 1.69. The van der Waals surface area contributed by atoms with Gasteiger partial charge in [0.2, 0.25) is 5.91 Å². The maximum absolute atomic E-state index is 13.2. The van der Waals surface area contributed by atoms with Crippen LogP contribution in [0.2, 0.25) is 0 Å². The predicted molar refractivity (Wildman–Crippen MR) is 82.0 cm³/mol. The Kier molecular flexibility index (Phi) is 5.23. The van der Waals surface area contributed by atoms with E-state index in [1.807, 2.05) is 4.90 Å². The molecule has 0 spiro atoms. The Morgan fingerprint density at radius 1 is 1.13 bits per heavy atom. The van der Waals surface area contributed by atoms with Gasteiger partial charge in [-0.05, 0) is 36.5 Å². The highest BCUT2D eigenvalue weighted by Crippen LogP contribution is 2.22. The number of hydrogen-bond donors (Lipinski definition) is 0. The van der Waals surface area contributed by atoms with Crippen LogP contribution < -0.4 is 0 Å². The standard InChI is InChI=1S/C17H22F2N2O2/c18-15-8-14(9-16(19)10-15)7-13-1-2-21(11-13)17(22)12-20-3-5-23-6-4-20/h8-10,13H,1-7,11-12H2. The largest absolute Gasteiger partial charge is 0.379 e. The van der Waals surface area contributed by atoms with E-state index in [0.29, 0.717) is 38.3 Å². The van der Waals surface area contributed by atoms with Crippen LogP contribution in [0.4, 0.5) is 8.78 Å². The third-order valence-corrected chi connectivity index (χ3v) is 4.55. The van der Waals surface area contributed by atoms with Crippen LogP contribution >= 0.6 is 0 Å². The zero-order chi connectivity index (χ0) is 16.2. The Bertz CT molecular complexity index is 541. The van der Waals surface area contributed by atoms with Crippen LogP contribution in [0.5, 0.6) is 0 Å². The van der Waals surface area contributed by atoms with E-state index in [1.54, 1.807) is 0 Å². The number of amides is 1. The van der Waals surface area contributed by atoms with E-state index >= 15 is 0 Å². The number of carbonyl (C=O) groups excluding carboxylic acids is 1. The first-order valence-electron chi connectivity index (χ1n) is 8.13. The van der Waals surface area contributed by atoms with Gasteiger partial charge in [-0.15, -0.1) is 0 Å². The van der Waals surface area contributed by atoms with Crippen molar-refractivity contribution in [1.82, 2.24) is 9.80 Å². The molecule has 126 valence electrons. The molecule has 2 saturated heterocycles. The zero-order valence-electron chi connectivity index (χ0n) is 13.1. The Morgan fingerprint density at radius 3 is 2.52 bits per heavy atom. The van der Waals surface area contributed by atoms with Gasteiger partial charge in [0.15, 0.2) is 0 Å². The van der Waals surface area contributed by atoms with Gasteiger partial charge in [-0.2, -0.15) is 0 Å². The second-order valence-electron chi connectivity index (χ2n) is 6.36. The Hall–Kier alpha value is -1.53. The second kappa shape index (κ2) is 7.36. The minimum absolute atomic E-state index is 0.139. The highest BCUT2D eigenvalue weighted by Gasteiger charge is 2.27.